The molecule has 4 nitrogen and oxygen atoms in total. The Bertz CT molecular complexity index is 382. The van der Waals surface area contributed by atoms with Crippen molar-refractivity contribution >= 4 is 0 Å². The average molecular weight is 236 g/mol. The van der Waals surface area contributed by atoms with Gasteiger partial charge < -0.3 is 15.2 Å². The van der Waals surface area contributed by atoms with E-state index >= 15 is 0 Å². The van der Waals surface area contributed by atoms with Gasteiger partial charge in [-0.3, -0.25) is 4.90 Å². The van der Waals surface area contributed by atoms with Crippen molar-refractivity contribution in [3.8, 4) is 11.5 Å². The summed E-state index contributed by atoms with van der Waals surface area (Å²) in [7, 11) is 2.08. The van der Waals surface area contributed by atoms with E-state index in [0.717, 1.165) is 18.0 Å². The quantitative estimate of drug-likeness (QED) is 0.858. The van der Waals surface area contributed by atoms with Gasteiger partial charge in [0.25, 0.3) is 0 Å². The number of nitrogens with zero attached hydrogens (tertiary/aromatic N) is 1. The molecule has 1 aliphatic rings. The van der Waals surface area contributed by atoms with E-state index < -0.39 is 0 Å². The van der Waals surface area contributed by atoms with E-state index in [1.54, 1.807) is 0 Å². The monoisotopic (exact) mass is 236 g/mol. The Kier molecular flexibility index (Phi) is 3.86. The number of fused-ring (bicyclic) bond motifs is 1. The number of rotatable bonds is 4. The molecule has 0 saturated carbocycles. The van der Waals surface area contributed by atoms with Gasteiger partial charge in [-0.05, 0) is 31.3 Å². The van der Waals surface area contributed by atoms with Crippen molar-refractivity contribution in [2.45, 2.75) is 13.0 Å². The zero-order valence-electron chi connectivity index (χ0n) is 10.5. The number of nitrogens with two attached hydrogens (primary N) is 1. The van der Waals surface area contributed by atoms with Crippen LogP contribution in [0, 0.1) is 0 Å². The summed E-state index contributed by atoms with van der Waals surface area (Å²) in [6.45, 7) is 4.94. The van der Waals surface area contributed by atoms with E-state index in [2.05, 4.69) is 24.9 Å². The summed E-state index contributed by atoms with van der Waals surface area (Å²) in [5, 5.41) is 0. The lowest BCUT2D eigenvalue weighted by molar-refractivity contribution is 0.170. The van der Waals surface area contributed by atoms with E-state index in [4.69, 9.17) is 15.2 Å². The Morgan fingerprint density at radius 2 is 2.00 bits per heavy atom. The number of likely N-dealkylation sites (N-methyl/N-ethyl adjacent to an activating group) is 1. The third-order valence-corrected chi connectivity index (χ3v) is 3.21. The van der Waals surface area contributed by atoms with Crippen LogP contribution in [0.5, 0.6) is 11.5 Å². The van der Waals surface area contributed by atoms with E-state index in [1.165, 1.54) is 5.56 Å². The van der Waals surface area contributed by atoms with E-state index in [0.29, 0.717) is 19.8 Å². The molecule has 0 fully saturated rings. The van der Waals surface area contributed by atoms with Crippen LogP contribution in [0.1, 0.15) is 18.5 Å². The molecule has 17 heavy (non-hydrogen) atoms. The highest BCUT2D eigenvalue weighted by Crippen LogP contribution is 2.33. The molecule has 0 saturated heterocycles. The number of hydrogen-bond acceptors (Lipinski definition) is 4. The van der Waals surface area contributed by atoms with Crippen LogP contribution in [0.2, 0.25) is 0 Å². The molecular weight excluding hydrogens is 216 g/mol. The van der Waals surface area contributed by atoms with Gasteiger partial charge in [-0.15, -0.1) is 0 Å². The number of hydrogen-bond donors (Lipinski definition) is 1. The lowest BCUT2D eigenvalue weighted by Gasteiger charge is -2.27. The molecule has 0 spiro atoms. The van der Waals surface area contributed by atoms with Crippen LogP contribution in [0.25, 0.3) is 0 Å². The van der Waals surface area contributed by atoms with Crippen molar-refractivity contribution in [2.75, 3.05) is 33.4 Å². The first kappa shape index (κ1) is 12.2. The Labute approximate surface area is 102 Å². The molecule has 94 valence electrons. The highest BCUT2D eigenvalue weighted by molar-refractivity contribution is 5.44. The standard InChI is InChI=1S/C13H20N2O2/c1-3-15(2)11(9-14)10-4-5-12-13(8-10)17-7-6-16-12/h4-5,8,11H,3,6-7,9,14H2,1-2H3. The average Bonchev–Trinajstić information content (AvgIpc) is 2.39. The molecule has 0 aliphatic carbocycles. The fourth-order valence-electron chi connectivity index (χ4n) is 2.06. The summed E-state index contributed by atoms with van der Waals surface area (Å²) in [5.41, 5.74) is 7.03. The lowest BCUT2D eigenvalue weighted by atomic mass is 10.0. The molecule has 1 aromatic carbocycles. The maximum Gasteiger partial charge on any atom is 0.161 e. The van der Waals surface area contributed by atoms with E-state index in [9.17, 15) is 0 Å². The molecule has 2 N–H and O–H groups in total. The fraction of sp³-hybridized carbons (Fsp3) is 0.538. The minimum atomic E-state index is 0.232. The second kappa shape index (κ2) is 5.38. The van der Waals surface area contributed by atoms with Gasteiger partial charge in [0.1, 0.15) is 13.2 Å². The van der Waals surface area contributed by atoms with Crippen LogP contribution < -0.4 is 15.2 Å². The van der Waals surface area contributed by atoms with Crippen molar-refractivity contribution in [2.24, 2.45) is 5.73 Å². The SMILES string of the molecule is CCN(C)C(CN)c1ccc2c(c1)OCCO2. The van der Waals surface area contributed by atoms with Crippen LogP contribution in [0.3, 0.4) is 0 Å². The largest absolute Gasteiger partial charge is 0.486 e. The van der Waals surface area contributed by atoms with Crippen molar-refractivity contribution < 1.29 is 9.47 Å². The van der Waals surface area contributed by atoms with Crippen LogP contribution in [-0.4, -0.2) is 38.3 Å². The Hall–Kier alpha value is -1.26. The third kappa shape index (κ3) is 2.53. The third-order valence-electron chi connectivity index (χ3n) is 3.21. The van der Waals surface area contributed by atoms with Gasteiger partial charge in [0.05, 0.1) is 0 Å². The summed E-state index contributed by atoms with van der Waals surface area (Å²) in [4.78, 5) is 2.23. The zero-order valence-corrected chi connectivity index (χ0v) is 10.5. The van der Waals surface area contributed by atoms with Gasteiger partial charge in [-0.2, -0.15) is 0 Å². The molecule has 1 unspecified atom stereocenters. The molecule has 2 rings (SSSR count). The summed E-state index contributed by atoms with van der Waals surface area (Å²) in [6, 6.07) is 6.31. The molecule has 1 aromatic rings. The Balaban J connectivity index is 2.25. The summed E-state index contributed by atoms with van der Waals surface area (Å²) in [5.74, 6) is 1.66. The smallest absolute Gasteiger partial charge is 0.161 e. The minimum Gasteiger partial charge on any atom is -0.486 e. The first-order valence-corrected chi connectivity index (χ1v) is 6.06. The van der Waals surface area contributed by atoms with Gasteiger partial charge >= 0.3 is 0 Å². The Morgan fingerprint density at radius 3 is 2.65 bits per heavy atom. The van der Waals surface area contributed by atoms with Crippen molar-refractivity contribution in [1.29, 1.82) is 0 Å². The molecule has 0 bridgehead atoms. The normalized spacial score (nSPS) is 16.0. The predicted octanol–water partition coefficient (Wildman–Crippen LogP) is 1.41. The van der Waals surface area contributed by atoms with Gasteiger partial charge in [0.2, 0.25) is 0 Å². The van der Waals surface area contributed by atoms with E-state index in [-0.39, 0.29) is 6.04 Å². The molecule has 1 heterocycles. The van der Waals surface area contributed by atoms with Crippen molar-refractivity contribution in [3.63, 3.8) is 0 Å². The van der Waals surface area contributed by atoms with Crippen molar-refractivity contribution in [3.05, 3.63) is 23.8 Å². The maximum absolute atomic E-state index is 5.84. The Morgan fingerprint density at radius 1 is 1.29 bits per heavy atom. The number of benzene rings is 1. The maximum atomic E-state index is 5.84. The summed E-state index contributed by atoms with van der Waals surface area (Å²) < 4.78 is 11.1. The number of ether oxygens (including phenoxy) is 2. The molecule has 4 heteroatoms. The van der Waals surface area contributed by atoms with Crippen LogP contribution in [0.15, 0.2) is 18.2 Å². The fourth-order valence-corrected chi connectivity index (χ4v) is 2.06. The first-order chi connectivity index (χ1) is 8.26. The molecule has 0 radical (unpaired) electrons. The van der Waals surface area contributed by atoms with Gasteiger partial charge in [0, 0.05) is 12.6 Å². The predicted molar refractivity (Wildman–Crippen MR) is 67.5 cm³/mol. The van der Waals surface area contributed by atoms with Crippen molar-refractivity contribution in [1.82, 2.24) is 4.90 Å². The molecule has 0 amide bonds. The van der Waals surface area contributed by atoms with Gasteiger partial charge in [-0.1, -0.05) is 13.0 Å². The zero-order chi connectivity index (χ0) is 12.3. The van der Waals surface area contributed by atoms with Gasteiger partial charge in [-0.25, -0.2) is 0 Å². The molecule has 1 aliphatic heterocycles. The second-order valence-corrected chi connectivity index (χ2v) is 4.23. The summed E-state index contributed by atoms with van der Waals surface area (Å²) in [6.07, 6.45) is 0. The molecule has 1 atom stereocenters. The molecular formula is C13H20N2O2. The summed E-state index contributed by atoms with van der Waals surface area (Å²) >= 11 is 0. The van der Waals surface area contributed by atoms with E-state index in [1.807, 2.05) is 12.1 Å². The lowest BCUT2D eigenvalue weighted by Crippen LogP contribution is -2.30. The second-order valence-electron chi connectivity index (χ2n) is 4.23. The minimum absolute atomic E-state index is 0.232. The van der Waals surface area contributed by atoms with Gasteiger partial charge in [0.15, 0.2) is 11.5 Å². The highest BCUT2D eigenvalue weighted by Gasteiger charge is 2.18. The van der Waals surface area contributed by atoms with Crippen LogP contribution in [-0.2, 0) is 0 Å². The highest BCUT2D eigenvalue weighted by atomic mass is 16.6. The van der Waals surface area contributed by atoms with Crippen LogP contribution in [0.4, 0.5) is 0 Å². The first-order valence-electron chi connectivity index (χ1n) is 6.06. The topological polar surface area (TPSA) is 47.7 Å². The van der Waals surface area contributed by atoms with Crippen LogP contribution >= 0.6 is 0 Å². The molecule has 0 aromatic heterocycles.